The summed E-state index contributed by atoms with van der Waals surface area (Å²) in [7, 11) is 0.961. The highest BCUT2D eigenvalue weighted by molar-refractivity contribution is 5.94. The standard InChI is InChI=1S/C19H16F5N3O4/c1-25(18(31)19(22,23)24)9-5-26(6-9)15-12(20)4-10-14(13(15)21)27(8-2-3-8)7-11(16(10)28)17(29)30/h4,7-9H,2-3,5-6H2,1H3,(H,29,30). The minimum Gasteiger partial charge on any atom is -0.477 e. The number of aromatic nitrogens is 1. The van der Waals surface area contributed by atoms with E-state index in [2.05, 4.69) is 0 Å². The summed E-state index contributed by atoms with van der Waals surface area (Å²) < 4.78 is 69.2. The monoisotopic (exact) mass is 445 g/mol. The number of aromatic carboxylic acids is 1. The maximum Gasteiger partial charge on any atom is 0.471 e. The van der Waals surface area contributed by atoms with Crippen molar-refractivity contribution in [3.8, 4) is 0 Å². The number of hydrogen-bond donors (Lipinski definition) is 1. The number of pyridine rings is 1. The molecule has 2 fully saturated rings. The van der Waals surface area contributed by atoms with Gasteiger partial charge in [-0.3, -0.25) is 9.59 Å². The smallest absolute Gasteiger partial charge is 0.471 e. The van der Waals surface area contributed by atoms with Gasteiger partial charge >= 0.3 is 18.1 Å². The highest BCUT2D eigenvalue weighted by Gasteiger charge is 2.46. The zero-order chi connectivity index (χ0) is 22.8. The summed E-state index contributed by atoms with van der Waals surface area (Å²) in [6, 6.07) is -0.392. The lowest BCUT2D eigenvalue weighted by molar-refractivity contribution is -0.186. The third-order valence-corrected chi connectivity index (χ3v) is 5.64. The molecule has 1 aliphatic heterocycles. The van der Waals surface area contributed by atoms with E-state index < -0.39 is 57.8 Å². The molecule has 1 aliphatic carbocycles. The zero-order valence-electron chi connectivity index (χ0n) is 16.0. The number of halogens is 5. The zero-order valence-corrected chi connectivity index (χ0v) is 16.0. The molecule has 166 valence electrons. The van der Waals surface area contributed by atoms with Gasteiger partial charge in [0.25, 0.3) is 0 Å². The SMILES string of the molecule is CN(C(=O)C(F)(F)F)C1CN(c2c(F)cc3c(=O)c(C(=O)O)cn(C4CC4)c3c2F)C1. The fraction of sp³-hybridized carbons (Fsp3) is 0.421. The predicted octanol–water partition coefficient (Wildman–Crippen LogP) is 2.52. The predicted molar refractivity (Wildman–Crippen MR) is 98.2 cm³/mol. The van der Waals surface area contributed by atoms with Gasteiger partial charge in [0.15, 0.2) is 5.82 Å². The number of likely N-dealkylation sites (N-methyl/N-ethyl adjacent to an activating group) is 1. The van der Waals surface area contributed by atoms with Gasteiger partial charge in [0.05, 0.1) is 16.9 Å². The van der Waals surface area contributed by atoms with E-state index in [4.69, 9.17) is 0 Å². The minimum absolute atomic E-state index is 0.238. The van der Waals surface area contributed by atoms with Crippen LogP contribution >= 0.6 is 0 Å². The minimum atomic E-state index is -5.06. The first-order valence-electron chi connectivity index (χ1n) is 9.30. The van der Waals surface area contributed by atoms with Gasteiger partial charge in [-0.15, -0.1) is 0 Å². The van der Waals surface area contributed by atoms with Crippen LogP contribution in [0.5, 0.6) is 0 Å². The summed E-state index contributed by atoms with van der Waals surface area (Å²) >= 11 is 0. The van der Waals surface area contributed by atoms with Crippen LogP contribution in [0, 0.1) is 11.6 Å². The number of amides is 1. The number of nitrogens with zero attached hydrogens (tertiary/aromatic N) is 3. The largest absolute Gasteiger partial charge is 0.477 e. The molecular formula is C19H16F5N3O4. The number of fused-ring (bicyclic) bond motifs is 1. The van der Waals surface area contributed by atoms with Gasteiger partial charge in [-0.25, -0.2) is 13.6 Å². The van der Waals surface area contributed by atoms with Gasteiger partial charge in [-0.2, -0.15) is 13.2 Å². The lowest BCUT2D eigenvalue weighted by Gasteiger charge is -2.45. The van der Waals surface area contributed by atoms with Gasteiger partial charge < -0.3 is 19.5 Å². The molecule has 1 saturated heterocycles. The Morgan fingerprint density at radius 2 is 1.81 bits per heavy atom. The van der Waals surface area contributed by atoms with Gasteiger partial charge in [0.1, 0.15) is 17.1 Å². The Bertz CT molecular complexity index is 1170. The van der Waals surface area contributed by atoms with Gasteiger partial charge in [-0.1, -0.05) is 0 Å². The van der Waals surface area contributed by atoms with Crippen molar-refractivity contribution in [1.29, 1.82) is 0 Å². The maximum absolute atomic E-state index is 15.4. The first-order valence-corrected chi connectivity index (χ1v) is 9.30. The first-order chi connectivity index (χ1) is 14.4. The molecule has 0 unspecified atom stereocenters. The highest BCUT2D eigenvalue weighted by Crippen LogP contribution is 2.40. The van der Waals surface area contributed by atoms with E-state index in [-0.39, 0.29) is 24.6 Å². The van der Waals surface area contributed by atoms with Crippen molar-refractivity contribution in [2.45, 2.75) is 31.1 Å². The van der Waals surface area contributed by atoms with Crippen LogP contribution in [-0.2, 0) is 4.79 Å². The Hall–Kier alpha value is -3.18. The summed E-state index contributed by atoms with van der Waals surface area (Å²) in [6.45, 7) is -0.475. The van der Waals surface area contributed by atoms with Crippen LogP contribution in [0.25, 0.3) is 10.9 Å². The Morgan fingerprint density at radius 3 is 2.32 bits per heavy atom. The number of carboxylic acids is 1. The maximum atomic E-state index is 15.4. The number of anilines is 1. The second kappa shape index (κ2) is 6.92. The van der Waals surface area contributed by atoms with Gasteiger partial charge in [0, 0.05) is 32.4 Å². The number of carboxylic acid groups (broad SMARTS) is 1. The van der Waals surface area contributed by atoms with E-state index in [0.29, 0.717) is 17.7 Å². The third kappa shape index (κ3) is 3.39. The molecule has 7 nitrogen and oxygen atoms in total. The summed E-state index contributed by atoms with van der Waals surface area (Å²) in [5.74, 6) is -5.82. The molecule has 1 aromatic carbocycles. The molecule has 0 spiro atoms. The van der Waals surface area contributed by atoms with E-state index in [1.165, 1.54) is 4.57 Å². The van der Waals surface area contributed by atoms with E-state index in [9.17, 15) is 37.1 Å². The van der Waals surface area contributed by atoms with Crippen LogP contribution in [0.4, 0.5) is 27.6 Å². The molecular weight excluding hydrogens is 429 g/mol. The summed E-state index contributed by atoms with van der Waals surface area (Å²) in [5, 5.41) is 8.82. The normalized spacial score (nSPS) is 17.0. The number of alkyl halides is 3. The van der Waals surface area contributed by atoms with Crippen LogP contribution in [0.3, 0.4) is 0 Å². The Balaban J connectivity index is 1.74. The molecule has 1 aromatic heterocycles. The fourth-order valence-electron chi connectivity index (χ4n) is 3.76. The average Bonchev–Trinajstić information content (AvgIpc) is 3.47. The molecule has 2 heterocycles. The number of benzene rings is 1. The molecule has 1 N–H and O–H groups in total. The summed E-state index contributed by atoms with van der Waals surface area (Å²) in [4.78, 5) is 36.8. The fourth-order valence-corrected chi connectivity index (χ4v) is 3.76. The van der Waals surface area contributed by atoms with Crippen molar-refractivity contribution >= 4 is 28.5 Å². The Kier molecular flexibility index (Phi) is 4.70. The van der Waals surface area contributed by atoms with Crippen molar-refractivity contribution in [1.82, 2.24) is 9.47 Å². The van der Waals surface area contributed by atoms with E-state index in [1.54, 1.807) is 0 Å². The Morgan fingerprint density at radius 1 is 1.19 bits per heavy atom. The molecule has 1 saturated carbocycles. The molecule has 0 atom stereocenters. The van der Waals surface area contributed by atoms with Crippen molar-refractivity contribution in [3.63, 3.8) is 0 Å². The van der Waals surface area contributed by atoms with E-state index in [1.807, 2.05) is 0 Å². The first kappa shape index (κ1) is 21.1. The van der Waals surface area contributed by atoms with Crippen LogP contribution in [0.1, 0.15) is 29.2 Å². The van der Waals surface area contributed by atoms with Crippen molar-refractivity contribution in [2.24, 2.45) is 0 Å². The molecule has 2 aliphatic rings. The number of carbonyl (C=O) groups excluding carboxylic acids is 1. The number of rotatable bonds is 4. The second-order valence-corrected chi connectivity index (χ2v) is 7.71. The Labute approximate surface area is 171 Å². The van der Waals surface area contributed by atoms with Gasteiger partial charge in [0.2, 0.25) is 5.43 Å². The van der Waals surface area contributed by atoms with Crippen LogP contribution in [0.2, 0.25) is 0 Å². The summed E-state index contributed by atoms with van der Waals surface area (Å²) in [6.07, 6.45) is -2.78. The van der Waals surface area contributed by atoms with Crippen LogP contribution in [-0.4, -0.2) is 58.8 Å². The van der Waals surface area contributed by atoms with Crippen molar-refractivity contribution in [3.05, 3.63) is 39.7 Å². The average molecular weight is 445 g/mol. The quantitative estimate of drug-likeness (QED) is 0.732. The summed E-state index contributed by atoms with van der Waals surface area (Å²) in [5.41, 5.74) is -2.42. The van der Waals surface area contributed by atoms with Gasteiger partial charge in [-0.05, 0) is 18.9 Å². The third-order valence-electron chi connectivity index (χ3n) is 5.64. The van der Waals surface area contributed by atoms with E-state index in [0.717, 1.165) is 24.2 Å². The molecule has 1 amide bonds. The molecule has 31 heavy (non-hydrogen) atoms. The molecule has 0 bridgehead atoms. The van der Waals surface area contributed by atoms with Crippen molar-refractivity contribution in [2.75, 3.05) is 25.0 Å². The number of carbonyl (C=O) groups is 2. The lowest BCUT2D eigenvalue weighted by Crippen LogP contribution is -2.62. The van der Waals surface area contributed by atoms with Crippen LogP contribution in [0.15, 0.2) is 17.1 Å². The lowest BCUT2D eigenvalue weighted by atomic mass is 10.0. The van der Waals surface area contributed by atoms with E-state index >= 15 is 4.39 Å². The molecule has 4 rings (SSSR count). The second-order valence-electron chi connectivity index (χ2n) is 7.71. The topological polar surface area (TPSA) is 82.8 Å². The molecule has 12 heteroatoms. The van der Waals surface area contributed by atoms with Crippen molar-refractivity contribution < 1.29 is 36.6 Å². The highest BCUT2D eigenvalue weighted by atomic mass is 19.4. The molecule has 0 radical (unpaired) electrons. The number of hydrogen-bond acceptors (Lipinski definition) is 4. The van der Waals surface area contributed by atoms with Crippen LogP contribution < -0.4 is 10.3 Å². The molecule has 2 aromatic rings.